The van der Waals surface area contributed by atoms with Crippen LogP contribution in [0.3, 0.4) is 0 Å². The quantitative estimate of drug-likeness (QED) is 0.417. The molecular weight excluding hydrogens is 203 g/mol. The molecule has 0 bridgehead atoms. The van der Waals surface area contributed by atoms with Crippen molar-refractivity contribution in [2.45, 2.75) is 6.42 Å². The zero-order chi connectivity index (χ0) is 10.4. The average Bonchev–Trinajstić information content (AvgIpc) is 2.21. The van der Waals surface area contributed by atoms with Crippen molar-refractivity contribution in [1.82, 2.24) is 0 Å². The van der Waals surface area contributed by atoms with Crippen LogP contribution in [0.15, 0.2) is 18.2 Å². The third-order valence-electron chi connectivity index (χ3n) is 1.58. The predicted octanol–water partition coefficient (Wildman–Crippen LogP) is 2.62. The molecule has 0 aliphatic heterocycles. The van der Waals surface area contributed by atoms with Gasteiger partial charge in [-0.05, 0) is 18.2 Å². The molecule has 0 saturated heterocycles. The lowest BCUT2D eigenvalue weighted by molar-refractivity contribution is 0.112. The Morgan fingerprint density at radius 3 is 2.93 bits per heavy atom. The molecule has 1 rings (SSSR count). The van der Waals surface area contributed by atoms with Crippen molar-refractivity contribution in [3.05, 3.63) is 35.1 Å². The molecule has 0 aliphatic carbocycles. The molecule has 0 unspecified atom stereocenters. The number of benzene rings is 1. The van der Waals surface area contributed by atoms with Gasteiger partial charge >= 0.3 is 0 Å². The first-order chi connectivity index (χ1) is 6.77. The van der Waals surface area contributed by atoms with Crippen molar-refractivity contribution in [1.29, 1.82) is 0 Å². The Labute approximate surface area is 86.9 Å². The lowest BCUT2D eigenvalue weighted by atomic mass is 10.1. The zero-order valence-electron chi connectivity index (χ0n) is 7.39. The molecule has 1 aromatic carbocycles. The molecule has 0 radical (unpaired) electrons. The third-order valence-corrected chi connectivity index (χ3v) is 1.76. The highest BCUT2D eigenvalue weighted by Gasteiger charge is 1.99. The first kappa shape index (κ1) is 10.7. The fourth-order valence-electron chi connectivity index (χ4n) is 0.924. The number of alkyl halides is 1. The average molecular weight is 211 g/mol. The van der Waals surface area contributed by atoms with E-state index in [4.69, 9.17) is 11.6 Å². The summed E-state index contributed by atoms with van der Waals surface area (Å²) in [4.78, 5) is 10.4. The van der Waals surface area contributed by atoms with Gasteiger partial charge in [0.25, 0.3) is 0 Å². The van der Waals surface area contributed by atoms with Gasteiger partial charge in [-0.25, -0.2) is 4.39 Å². The Bertz CT molecular complexity index is 390. The summed E-state index contributed by atoms with van der Waals surface area (Å²) >= 11 is 5.43. The summed E-state index contributed by atoms with van der Waals surface area (Å²) in [6, 6.07) is 4.18. The van der Waals surface area contributed by atoms with E-state index in [0.29, 0.717) is 24.2 Å². The Morgan fingerprint density at radius 1 is 1.50 bits per heavy atom. The first-order valence-electron chi connectivity index (χ1n) is 4.07. The number of rotatable bonds is 2. The maximum Gasteiger partial charge on any atom is 0.153 e. The minimum atomic E-state index is -0.525. The van der Waals surface area contributed by atoms with E-state index >= 15 is 0 Å². The molecule has 0 heterocycles. The number of carbonyl (C=O) groups excluding carboxylic acids is 1. The molecule has 0 aliphatic rings. The molecule has 0 fully saturated rings. The molecule has 14 heavy (non-hydrogen) atoms. The van der Waals surface area contributed by atoms with E-state index in [1.807, 2.05) is 0 Å². The lowest BCUT2D eigenvalue weighted by Gasteiger charge is -1.94. The summed E-state index contributed by atoms with van der Waals surface area (Å²) in [6.45, 7) is 0. The van der Waals surface area contributed by atoms with Gasteiger partial charge in [0.2, 0.25) is 0 Å². The van der Waals surface area contributed by atoms with E-state index in [-0.39, 0.29) is 5.56 Å². The van der Waals surface area contributed by atoms with Gasteiger partial charge in [-0.15, -0.1) is 11.6 Å². The standard InChI is InChI=1S/C11H8ClFO/c12-6-2-1-3-9-4-5-11(13)10(7-9)8-14/h4-5,7-8H,2,6H2. The molecule has 0 N–H and O–H groups in total. The number of aldehydes is 1. The molecule has 3 heteroatoms. The molecule has 72 valence electrons. The smallest absolute Gasteiger partial charge is 0.153 e. The van der Waals surface area contributed by atoms with E-state index in [0.717, 1.165) is 0 Å². The van der Waals surface area contributed by atoms with Crippen molar-refractivity contribution < 1.29 is 9.18 Å². The summed E-state index contributed by atoms with van der Waals surface area (Å²) in [5.74, 6) is 5.53. The second kappa shape index (κ2) is 5.41. The largest absolute Gasteiger partial charge is 0.298 e. The maximum atomic E-state index is 12.9. The first-order valence-corrected chi connectivity index (χ1v) is 4.61. The highest BCUT2D eigenvalue weighted by atomic mass is 35.5. The number of hydrogen-bond acceptors (Lipinski definition) is 1. The van der Waals surface area contributed by atoms with E-state index < -0.39 is 5.82 Å². The SMILES string of the molecule is O=Cc1cc(C#CCCCl)ccc1F. The van der Waals surface area contributed by atoms with Crippen molar-refractivity contribution in [3.8, 4) is 11.8 Å². The summed E-state index contributed by atoms with van der Waals surface area (Å²) in [7, 11) is 0. The summed E-state index contributed by atoms with van der Waals surface area (Å²) in [5, 5.41) is 0. The second-order valence-corrected chi connectivity index (χ2v) is 2.97. The van der Waals surface area contributed by atoms with E-state index in [1.165, 1.54) is 18.2 Å². The molecule has 1 aromatic rings. The van der Waals surface area contributed by atoms with Crippen LogP contribution in [0.4, 0.5) is 4.39 Å². The van der Waals surface area contributed by atoms with Gasteiger partial charge in [0, 0.05) is 17.9 Å². The summed E-state index contributed by atoms with van der Waals surface area (Å²) in [5.41, 5.74) is 0.654. The van der Waals surface area contributed by atoms with Gasteiger partial charge in [-0.1, -0.05) is 11.8 Å². The van der Waals surface area contributed by atoms with E-state index in [1.54, 1.807) is 0 Å². The van der Waals surface area contributed by atoms with Crippen LogP contribution in [-0.2, 0) is 0 Å². The highest BCUT2D eigenvalue weighted by Crippen LogP contribution is 2.07. The van der Waals surface area contributed by atoms with Crippen LogP contribution >= 0.6 is 11.6 Å². The highest BCUT2D eigenvalue weighted by molar-refractivity contribution is 6.18. The summed E-state index contributed by atoms with van der Waals surface area (Å²) in [6.07, 6.45) is 1.05. The maximum absolute atomic E-state index is 12.9. The zero-order valence-corrected chi connectivity index (χ0v) is 8.14. The summed E-state index contributed by atoms with van der Waals surface area (Å²) < 4.78 is 12.9. The van der Waals surface area contributed by atoms with Crippen LogP contribution in [-0.4, -0.2) is 12.2 Å². The topological polar surface area (TPSA) is 17.1 Å². The van der Waals surface area contributed by atoms with Gasteiger partial charge in [0.15, 0.2) is 6.29 Å². The number of carbonyl (C=O) groups is 1. The minimum Gasteiger partial charge on any atom is -0.298 e. The Balaban J connectivity index is 2.91. The molecule has 1 nitrogen and oxygen atoms in total. The Kier molecular flexibility index (Phi) is 4.15. The van der Waals surface area contributed by atoms with Crippen LogP contribution in [0.25, 0.3) is 0 Å². The van der Waals surface area contributed by atoms with Crippen LogP contribution < -0.4 is 0 Å². The monoisotopic (exact) mass is 210 g/mol. The van der Waals surface area contributed by atoms with Crippen LogP contribution in [0, 0.1) is 17.7 Å². The fourth-order valence-corrected chi connectivity index (χ4v) is 1.02. The lowest BCUT2D eigenvalue weighted by Crippen LogP contribution is -1.88. The number of hydrogen-bond donors (Lipinski definition) is 0. The molecule has 0 spiro atoms. The van der Waals surface area contributed by atoms with Crippen LogP contribution in [0.5, 0.6) is 0 Å². The van der Waals surface area contributed by atoms with Crippen LogP contribution in [0.2, 0.25) is 0 Å². The van der Waals surface area contributed by atoms with Crippen LogP contribution in [0.1, 0.15) is 22.3 Å². The van der Waals surface area contributed by atoms with Gasteiger partial charge in [0.1, 0.15) is 5.82 Å². The molecule has 0 atom stereocenters. The normalized spacial score (nSPS) is 9.00. The molecule has 0 saturated carbocycles. The minimum absolute atomic E-state index is 0.0303. The molecule has 0 aromatic heterocycles. The van der Waals surface area contributed by atoms with Gasteiger partial charge < -0.3 is 0 Å². The third kappa shape index (κ3) is 2.86. The second-order valence-electron chi connectivity index (χ2n) is 2.59. The fraction of sp³-hybridized carbons (Fsp3) is 0.182. The number of halogens is 2. The van der Waals surface area contributed by atoms with Gasteiger partial charge in [0.05, 0.1) is 5.56 Å². The molecular formula is C11H8ClFO. The van der Waals surface area contributed by atoms with Crippen molar-refractivity contribution in [2.75, 3.05) is 5.88 Å². The predicted molar refractivity (Wildman–Crippen MR) is 54.0 cm³/mol. The van der Waals surface area contributed by atoms with Crippen molar-refractivity contribution in [2.24, 2.45) is 0 Å². The van der Waals surface area contributed by atoms with Gasteiger partial charge in [-0.2, -0.15) is 0 Å². The Hall–Kier alpha value is -1.33. The van der Waals surface area contributed by atoms with E-state index in [9.17, 15) is 9.18 Å². The van der Waals surface area contributed by atoms with E-state index in [2.05, 4.69) is 11.8 Å². The van der Waals surface area contributed by atoms with Gasteiger partial charge in [-0.3, -0.25) is 4.79 Å². The Morgan fingerprint density at radius 2 is 2.29 bits per heavy atom. The van der Waals surface area contributed by atoms with Crippen molar-refractivity contribution >= 4 is 17.9 Å². The van der Waals surface area contributed by atoms with Crippen molar-refractivity contribution in [3.63, 3.8) is 0 Å². The molecule has 0 amide bonds.